The first-order valence-electron chi connectivity index (χ1n) is 8.30. The fraction of sp³-hybridized carbons (Fsp3) is 0.211. The number of nitrogens with one attached hydrogen (secondary N) is 2. The Bertz CT molecular complexity index is 881. The lowest BCUT2D eigenvalue weighted by atomic mass is 10.2. The predicted molar refractivity (Wildman–Crippen MR) is 97.7 cm³/mol. The third-order valence-electron chi connectivity index (χ3n) is 3.70. The number of hydrazone groups is 1. The number of benzene rings is 2. The summed E-state index contributed by atoms with van der Waals surface area (Å²) in [5.41, 5.74) is 3.60. The molecular weight excluding hydrogens is 353 g/mol. The summed E-state index contributed by atoms with van der Waals surface area (Å²) in [6, 6.07) is 10.2. The molecule has 27 heavy (non-hydrogen) atoms. The molecular formula is C19H18FN3O4. The Morgan fingerprint density at radius 3 is 2.52 bits per heavy atom. The lowest BCUT2D eigenvalue weighted by molar-refractivity contribution is -0.115. The largest absolute Gasteiger partial charge is 0.486 e. The lowest BCUT2D eigenvalue weighted by Crippen LogP contribution is -2.21. The van der Waals surface area contributed by atoms with E-state index in [4.69, 9.17) is 9.47 Å². The highest BCUT2D eigenvalue weighted by atomic mass is 19.1. The first-order valence-corrected chi connectivity index (χ1v) is 8.30. The van der Waals surface area contributed by atoms with Crippen LogP contribution < -0.4 is 20.2 Å². The van der Waals surface area contributed by atoms with Crippen LogP contribution in [0.15, 0.2) is 47.6 Å². The van der Waals surface area contributed by atoms with E-state index in [2.05, 4.69) is 15.8 Å². The second-order valence-electron chi connectivity index (χ2n) is 5.88. The van der Waals surface area contributed by atoms with Gasteiger partial charge in [0.25, 0.3) is 5.91 Å². The van der Waals surface area contributed by atoms with Crippen molar-refractivity contribution in [2.24, 2.45) is 5.10 Å². The van der Waals surface area contributed by atoms with Crippen molar-refractivity contribution in [1.82, 2.24) is 5.43 Å². The maximum Gasteiger partial charge on any atom is 0.271 e. The molecule has 0 saturated heterocycles. The van der Waals surface area contributed by atoms with Crippen molar-refractivity contribution in [2.45, 2.75) is 13.3 Å². The Morgan fingerprint density at radius 1 is 1.07 bits per heavy atom. The van der Waals surface area contributed by atoms with Crippen molar-refractivity contribution >= 4 is 23.2 Å². The minimum Gasteiger partial charge on any atom is -0.486 e. The molecule has 2 aromatic carbocycles. The minimum absolute atomic E-state index is 0.00185. The molecule has 0 atom stereocenters. The molecule has 140 valence electrons. The van der Waals surface area contributed by atoms with Crippen LogP contribution in [0.25, 0.3) is 0 Å². The van der Waals surface area contributed by atoms with Crippen LogP contribution in [0, 0.1) is 5.82 Å². The summed E-state index contributed by atoms with van der Waals surface area (Å²) in [6.45, 7) is 2.58. The molecule has 0 saturated carbocycles. The van der Waals surface area contributed by atoms with Gasteiger partial charge in [-0.2, -0.15) is 5.10 Å². The summed E-state index contributed by atoms with van der Waals surface area (Å²) in [6.07, 6.45) is -0.00185. The molecule has 0 spiro atoms. The van der Waals surface area contributed by atoms with Gasteiger partial charge >= 0.3 is 0 Å². The molecule has 2 N–H and O–H groups in total. The molecule has 0 bridgehead atoms. The predicted octanol–water partition coefficient (Wildman–Crippen LogP) is 2.73. The van der Waals surface area contributed by atoms with Gasteiger partial charge in [-0.3, -0.25) is 9.59 Å². The van der Waals surface area contributed by atoms with Crippen molar-refractivity contribution < 1.29 is 23.5 Å². The molecule has 1 heterocycles. The second-order valence-corrected chi connectivity index (χ2v) is 5.88. The van der Waals surface area contributed by atoms with Crippen molar-refractivity contribution in [3.8, 4) is 11.5 Å². The van der Waals surface area contributed by atoms with Crippen LogP contribution in [0.1, 0.15) is 23.7 Å². The second kappa shape index (κ2) is 8.31. The molecule has 0 radical (unpaired) electrons. The molecule has 8 heteroatoms. The van der Waals surface area contributed by atoms with Gasteiger partial charge in [-0.25, -0.2) is 9.82 Å². The molecule has 3 rings (SSSR count). The SMILES string of the molecule is C/C(CC(=O)Nc1ccc2c(c1)OCCO2)=N\NC(=O)c1ccc(F)cc1. The smallest absolute Gasteiger partial charge is 0.271 e. The monoisotopic (exact) mass is 371 g/mol. The van der Waals surface area contributed by atoms with Gasteiger partial charge < -0.3 is 14.8 Å². The van der Waals surface area contributed by atoms with Crippen LogP contribution >= 0.6 is 0 Å². The fourth-order valence-corrected chi connectivity index (χ4v) is 2.41. The first kappa shape index (κ1) is 18.4. The van der Waals surface area contributed by atoms with Gasteiger partial charge in [0.15, 0.2) is 11.5 Å². The van der Waals surface area contributed by atoms with Gasteiger partial charge in [0.1, 0.15) is 19.0 Å². The molecule has 1 aliphatic heterocycles. The average Bonchev–Trinajstić information content (AvgIpc) is 2.66. The van der Waals surface area contributed by atoms with Gasteiger partial charge in [0.05, 0.1) is 6.42 Å². The number of fused-ring (bicyclic) bond motifs is 1. The molecule has 2 amide bonds. The summed E-state index contributed by atoms with van der Waals surface area (Å²) in [4.78, 5) is 24.0. The van der Waals surface area contributed by atoms with Gasteiger partial charge in [0.2, 0.25) is 5.91 Å². The standard InChI is InChI=1S/C19H18FN3O4/c1-12(22-23-19(25)13-2-4-14(20)5-3-13)10-18(24)21-15-6-7-16-17(11-15)27-9-8-26-16/h2-7,11H,8-10H2,1H3,(H,21,24)(H,23,25)/b22-12+. The fourth-order valence-electron chi connectivity index (χ4n) is 2.41. The number of halogens is 1. The van der Waals surface area contributed by atoms with E-state index in [1.165, 1.54) is 24.3 Å². The number of hydrogen-bond acceptors (Lipinski definition) is 5. The van der Waals surface area contributed by atoms with Gasteiger partial charge in [-0.15, -0.1) is 0 Å². The number of rotatable bonds is 5. The molecule has 0 aromatic heterocycles. The first-order chi connectivity index (χ1) is 13.0. The highest BCUT2D eigenvalue weighted by Crippen LogP contribution is 2.32. The van der Waals surface area contributed by atoms with Crippen LogP contribution in [0.3, 0.4) is 0 Å². The van der Waals surface area contributed by atoms with Crippen LogP contribution in [-0.2, 0) is 4.79 Å². The molecule has 0 fully saturated rings. The van der Waals surface area contributed by atoms with E-state index in [1.54, 1.807) is 25.1 Å². The van der Waals surface area contributed by atoms with Crippen LogP contribution in [0.2, 0.25) is 0 Å². The van der Waals surface area contributed by atoms with E-state index >= 15 is 0 Å². The third kappa shape index (κ3) is 5.04. The van der Waals surface area contributed by atoms with Gasteiger partial charge in [0, 0.05) is 23.0 Å². The number of hydrogen-bond donors (Lipinski definition) is 2. The number of nitrogens with zero attached hydrogens (tertiary/aromatic N) is 1. The summed E-state index contributed by atoms with van der Waals surface area (Å²) in [5.74, 6) is 0.0177. The number of carbonyl (C=O) groups is 2. The van der Waals surface area contributed by atoms with E-state index in [-0.39, 0.29) is 17.9 Å². The highest BCUT2D eigenvalue weighted by Gasteiger charge is 2.13. The average molecular weight is 371 g/mol. The van der Waals surface area contributed by atoms with Crippen LogP contribution in [0.5, 0.6) is 11.5 Å². The summed E-state index contributed by atoms with van der Waals surface area (Å²) in [5, 5.41) is 6.63. The van der Waals surface area contributed by atoms with Gasteiger partial charge in [-0.1, -0.05) is 0 Å². The molecule has 0 unspecified atom stereocenters. The Hall–Kier alpha value is -3.42. The van der Waals surface area contributed by atoms with E-state index < -0.39 is 11.7 Å². The van der Waals surface area contributed by atoms with E-state index in [9.17, 15) is 14.0 Å². The Labute approximate surface area is 155 Å². The van der Waals surface area contributed by atoms with Crippen LogP contribution in [-0.4, -0.2) is 30.7 Å². The zero-order valence-corrected chi connectivity index (χ0v) is 14.6. The van der Waals surface area contributed by atoms with Crippen molar-refractivity contribution in [1.29, 1.82) is 0 Å². The van der Waals surface area contributed by atoms with Crippen molar-refractivity contribution in [3.05, 3.63) is 53.8 Å². The molecule has 2 aromatic rings. The van der Waals surface area contributed by atoms with Crippen LogP contribution in [0.4, 0.5) is 10.1 Å². The van der Waals surface area contributed by atoms with Gasteiger partial charge in [-0.05, 0) is 43.3 Å². The highest BCUT2D eigenvalue weighted by molar-refractivity contribution is 6.06. The molecule has 0 aliphatic carbocycles. The molecule has 7 nitrogen and oxygen atoms in total. The zero-order valence-electron chi connectivity index (χ0n) is 14.6. The topological polar surface area (TPSA) is 89.0 Å². The minimum atomic E-state index is -0.485. The zero-order chi connectivity index (χ0) is 19.2. The Morgan fingerprint density at radius 2 is 1.78 bits per heavy atom. The number of carbonyl (C=O) groups excluding carboxylic acids is 2. The number of anilines is 1. The quantitative estimate of drug-likeness (QED) is 0.625. The van der Waals surface area contributed by atoms with E-state index in [0.717, 1.165) is 0 Å². The number of amides is 2. The third-order valence-corrected chi connectivity index (χ3v) is 3.70. The van der Waals surface area contributed by atoms with Crippen molar-refractivity contribution in [3.63, 3.8) is 0 Å². The van der Waals surface area contributed by atoms with E-state index in [1.807, 2.05) is 0 Å². The summed E-state index contributed by atoms with van der Waals surface area (Å²) < 4.78 is 23.8. The summed E-state index contributed by atoms with van der Waals surface area (Å²) >= 11 is 0. The Kier molecular flexibility index (Phi) is 5.65. The Balaban J connectivity index is 1.53. The number of ether oxygens (including phenoxy) is 2. The van der Waals surface area contributed by atoms with Crippen molar-refractivity contribution in [2.75, 3.05) is 18.5 Å². The normalized spacial score (nSPS) is 13.0. The molecule has 1 aliphatic rings. The lowest BCUT2D eigenvalue weighted by Gasteiger charge is -2.19. The maximum absolute atomic E-state index is 12.9. The maximum atomic E-state index is 12.9. The van der Waals surface area contributed by atoms with E-state index in [0.29, 0.717) is 36.1 Å². The summed E-state index contributed by atoms with van der Waals surface area (Å²) in [7, 11) is 0.